The van der Waals surface area contributed by atoms with E-state index in [9.17, 15) is 14.4 Å². The van der Waals surface area contributed by atoms with E-state index in [-0.39, 0.29) is 13.2 Å². The molecule has 1 aliphatic rings. The molecule has 3 amide bonds. The number of anilines is 1. The Morgan fingerprint density at radius 1 is 1.16 bits per heavy atom. The quantitative estimate of drug-likeness (QED) is 0.593. The summed E-state index contributed by atoms with van der Waals surface area (Å²) in [6, 6.07) is 13.5. The molecule has 0 aliphatic carbocycles. The number of primary amides is 1. The smallest absolute Gasteiger partial charge is 0.410 e. The Balaban J connectivity index is 1.45. The summed E-state index contributed by atoms with van der Waals surface area (Å²) >= 11 is 1.24. The molecule has 8 nitrogen and oxygen atoms in total. The number of carbonyl (C=O) groups excluding carboxylic acids is 3. The highest BCUT2D eigenvalue weighted by atomic mass is 32.1. The fraction of sp³-hybridized carbons (Fsp3) is 0.261. The number of carbonyl (C=O) groups is 3. The van der Waals surface area contributed by atoms with Crippen LogP contribution in [0.5, 0.6) is 5.75 Å². The summed E-state index contributed by atoms with van der Waals surface area (Å²) in [5.41, 5.74) is 6.67. The second-order valence-corrected chi connectivity index (χ2v) is 8.39. The van der Waals surface area contributed by atoms with Gasteiger partial charge in [-0.2, -0.15) is 0 Å². The molecule has 32 heavy (non-hydrogen) atoms. The van der Waals surface area contributed by atoms with E-state index in [1.165, 1.54) is 11.3 Å². The Kier molecular flexibility index (Phi) is 6.27. The SMILES string of the molecule is CCOC(=O)N1CCc2c(sc(NC(=O)COc3ccc4ccccc4c3)c2C(N)=O)C1. The van der Waals surface area contributed by atoms with Gasteiger partial charge in [-0.1, -0.05) is 30.3 Å². The monoisotopic (exact) mass is 453 g/mol. The van der Waals surface area contributed by atoms with Crippen molar-refractivity contribution in [3.8, 4) is 5.75 Å². The Morgan fingerprint density at radius 2 is 1.94 bits per heavy atom. The highest BCUT2D eigenvalue weighted by Crippen LogP contribution is 2.37. The predicted molar refractivity (Wildman–Crippen MR) is 122 cm³/mol. The average Bonchev–Trinajstić information content (AvgIpc) is 3.14. The summed E-state index contributed by atoms with van der Waals surface area (Å²) in [6.45, 7) is 2.55. The highest BCUT2D eigenvalue weighted by molar-refractivity contribution is 7.17. The van der Waals surface area contributed by atoms with Crippen LogP contribution in [-0.2, 0) is 22.5 Å². The normalized spacial score (nSPS) is 12.8. The van der Waals surface area contributed by atoms with Gasteiger partial charge in [-0.15, -0.1) is 11.3 Å². The third kappa shape index (κ3) is 4.52. The molecule has 0 spiro atoms. The minimum absolute atomic E-state index is 0.214. The molecule has 9 heteroatoms. The van der Waals surface area contributed by atoms with Gasteiger partial charge in [0.15, 0.2) is 6.61 Å². The van der Waals surface area contributed by atoms with Crippen LogP contribution in [0, 0.1) is 0 Å². The van der Waals surface area contributed by atoms with Crippen LogP contribution in [0.2, 0.25) is 0 Å². The second-order valence-electron chi connectivity index (χ2n) is 7.29. The van der Waals surface area contributed by atoms with Crippen molar-refractivity contribution < 1.29 is 23.9 Å². The molecule has 0 fully saturated rings. The summed E-state index contributed by atoms with van der Waals surface area (Å²) in [5, 5.41) is 5.21. The summed E-state index contributed by atoms with van der Waals surface area (Å²) in [4.78, 5) is 39.1. The first-order chi connectivity index (χ1) is 15.5. The standard InChI is InChI=1S/C23H23N3O5S/c1-2-30-23(29)26-10-9-17-18(12-26)32-22(20(17)21(24)28)25-19(27)13-31-16-8-7-14-5-3-4-6-15(14)11-16/h3-8,11H,2,9-10,12-13H2,1H3,(H2,24,28)(H,25,27). The van der Waals surface area contributed by atoms with Crippen LogP contribution in [0.25, 0.3) is 10.8 Å². The summed E-state index contributed by atoms with van der Waals surface area (Å²) < 4.78 is 10.7. The number of hydrogen-bond acceptors (Lipinski definition) is 6. The number of amides is 3. The lowest BCUT2D eigenvalue weighted by molar-refractivity contribution is -0.118. The van der Waals surface area contributed by atoms with E-state index < -0.39 is 17.9 Å². The van der Waals surface area contributed by atoms with E-state index in [1.54, 1.807) is 17.9 Å². The summed E-state index contributed by atoms with van der Waals surface area (Å²) in [5.74, 6) is -0.441. The fourth-order valence-electron chi connectivity index (χ4n) is 3.69. The average molecular weight is 454 g/mol. The van der Waals surface area contributed by atoms with Crippen molar-refractivity contribution in [3.63, 3.8) is 0 Å². The highest BCUT2D eigenvalue weighted by Gasteiger charge is 2.30. The number of nitrogens with zero attached hydrogens (tertiary/aromatic N) is 1. The van der Waals surface area contributed by atoms with Gasteiger partial charge in [-0.3, -0.25) is 9.59 Å². The molecule has 1 aliphatic heterocycles. The van der Waals surface area contributed by atoms with Crippen molar-refractivity contribution in [1.29, 1.82) is 0 Å². The van der Waals surface area contributed by atoms with Crippen LogP contribution in [0.3, 0.4) is 0 Å². The van der Waals surface area contributed by atoms with Gasteiger partial charge in [0.25, 0.3) is 11.8 Å². The maximum Gasteiger partial charge on any atom is 0.410 e. The lowest BCUT2D eigenvalue weighted by Gasteiger charge is -2.26. The molecule has 0 radical (unpaired) electrons. The van der Waals surface area contributed by atoms with Crippen molar-refractivity contribution in [2.24, 2.45) is 5.73 Å². The Bertz CT molecular complexity index is 1190. The first-order valence-electron chi connectivity index (χ1n) is 10.2. The van der Waals surface area contributed by atoms with Crippen LogP contribution < -0.4 is 15.8 Å². The maximum absolute atomic E-state index is 12.5. The zero-order valence-corrected chi connectivity index (χ0v) is 18.4. The molecule has 4 rings (SSSR count). The molecule has 2 heterocycles. The molecule has 0 bridgehead atoms. The third-order valence-corrected chi connectivity index (χ3v) is 6.31. The van der Waals surface area contributed by atoms with E-state index in [0.717, 1.165) is 21.2 Å². The van der Waals surface area contributed by atoms with Gasteiger partial charge in [0.2, 0.25) is 0 Å². The van der Waals surface area contributed by atoms with Crippen molar-refractivity contribution in [2.45, 2.75) is 19.9 Å². The van der Waals surface area contributed by atoms with Gasteiger partial charge in [-0.25, -0.2) is 4.79 Å². The summed E-state index contributed by atoms with van der Waals surface area (Å²) in [7, 11) is 0. The molecule has 2 aromatic carbocycles. The van der Waals surface area contributed by atoms with Gasteiger partial charge in [0, 0.05) is 11.4 Å². The number of thiophene rings is 1. The lowest BCUT2D eigenvalue weighted by Crippen LogP contribution is -2.36. The molecular weight excluding hydrogens is 430 g/mol. The maximum atomic E-state index is 12.5. The Hall–Kier alpha value is -3.59. The zero-order chi connectivity index (χ0) is 22.7. The van der Waals surface area contributed by atoms with Crippen LogP contribution in [0.4, 0.5) is 9.80 Å². The van der Waals surface area contributed by atoms with E-state index in [4.69, 9.17) is 15.2 Å². The van der Waals surface area contributed by atoms with Gasteiger partial charge in [-0.05, 0) is 41.8 Å². The number of hydrogen-bond donors (Lipinski definition) is 2. The minimum Gasteiger partial charge on any atom is -0.484 e. The van der Waals surface area contributed by atoms with Gasteiger partial charge >= 0.3 is 6.09 Å². The van der Waals surface area contributed by atoms with E-state index in [2.05, 4.69) is 5.32 Å². The van der Waals surface area contributed by atoms with Gasteiger partial charge in [0.05, 0.1) is 18.7 Å². The van der Waals surface area contributed by atoms with Crippen LogP contribution in [0.1, 0.15) is 27.7 Å². The molecule has 3 aromatic rings. The largest absolute Gasteiger partial charge is 0.484 e. The van der Waals surface area contributed by atoms with Crippen molar-refractivity contribution in [3.05, 3.63) is 58.5 Å². The number of nitrogens with one attached hydrogen (secondary N) is 1. The molecule has 0 saturated heterocycles. The molecular formula is C23H23N3O5S. The molecule has 0 atom stereocenters. The topological polar surface area (TPSA) is 111 Å². The molecule has 0 unspecified atom stereocenters. The van der Waals surface area contributed by atoms with Crippen LogP contribution in [0.15, 0.2) is 42.5 Å². The molecule has 1 aromatic heterocycles. The summed E-state index contributed by atoms with van der Waals surface area (Å²) in [6.07, 6.45) is 0.0633. The van der Waals surface area contributed by atoms with Crippen molar-refractivity contribution in [1.82, 2.24) is 4.90 Å². The molecule has 3 N–H and O–H groups in total. The third-order valence-electron chi connectivity index (χ3n) is 5.17. The fourth-order valence-corrected chi connectivity index (χ4v) is 4.98. The van der Waals surface area contributed by atoms with Crippen LogP contribution in [-0.4, -0.2) is 42.6 Å². The van der Waals surface area contributed by atoms with Gasteiger partial charge in [0.1, 0.15) is 10.8 Å². The van der Waals surface area contributed by atoms with E-state index >= 15 is 0 Å². The van der Waals surface area contributed by atoms with E-state index in [0.29, 0.717) is 35.8 Å². The molecule has 166 valence electrons. The Labute approximate surface area is 188 Å². The number of benzene rings is 2. The van der Waals surface area contributed by atoms with Crippen molar-refractivity contribution >= 4 is 45.0 Å². The first-order valence-corrected chi connectivity index (χ1v) is 11.1. The minimum atomic E-state index is -0.613. The lowest BCUT2D eigenvalue weighted by atomic mass is 10.0. The first kappa shape index (κ1) is 21.6. The van der Waals surface area contributed by atoms with Crippen LogP contribution >= 0.6 is 11.3 Å². The number of fused-ring (bicyclic) bond motifs is 2. The Morgan fingerprint density at radius 3 is 2.69 bits per heavy atom. The van der Waals surface area contributed by atoms with Gasteiger partial charge < -0.3 is 25.4 Å². The second kappa shape index (κ2) is 9.27. The van der Waals surface area contributed by atoms with E-state index in [1.807, 2.05) is 36.4 Å². The zero-order valence-electron chi connectivity index (χ0n) is 17.6. The van der Waals surface area contributed by atoms with Crippen molar-refractivity contribution in [2.75, 3.05) is 25.1 Å². The predicted octanol–water partition coefficient (Wildman–Crippen LogP) is 3.53. The number of nitrogens with two attached hydrogens (primary N) is 1. The molecule has 0 saturated carbocycles. The number of ether oxygens (including phenoxy) is 2. The number of rotatable bonds is 6.